The first-order valence-electron chi connectivity index (χ1n) is 15.9. The molecule has 2 aliphatic rings. The third-order valence-corrected chi connectivity index (χ3v) is 9.97. The minimum absolute atomic E-state index is 0.328. The van der Waals surface area contributed by atoms with Gasteiger partial charge in [0.2, 0.25) is 0 Å². The number of carboxylic acids is 1. The molecule has 2 aromatic rings. The van der Waals surface area contributed by atoms with Crippen LogP contribution in [-0.4, -0.2) is 47.6 Å². The molecule has 6 heteroatoms. The maximum atomic E-state index is 13.4. The van der Waals surface area contributed by atoms with Gasteiger partial charge in [0.05, 0.1) is 0 Å². The number of benzene rings is 2. The summed E-state index contributed by atoms with van der Waals surface area (Å²) in [5, 5.41) is 16.5. The van der Waals surface area contributed by atoms with E-state index in [1.807, 2.05) is 30.5 Å². The number of hydrogen-bond acceptors (Lipinski definition) is 4. The fraction of sp³-hybridized carbons (Fsp3) is 0.600. The van der Waals surface area contributed by atoms with Gasteiger partial charge in [-0.15, -0.1) is 0 Å². The molecule has 2 aliphatic carbocycles. The van der Waals surface area contributed by atoms with E-state index in [9.17, 15) is 14.7 Å². The number of nitrogens with one attached hydrogen (secondary N) is 2. The molecule has 0 saturated heterocycles. The van der Waals surface area contributed by atoms with Crippen LogP contribution in [0.2, 0.25) is 0 Å². The zero-order valence-electron chi connectivity index (χ0n) is 25.1. The third-order valence-electron chi connectivity index (χ3n) is 9.33. The van der Waals surface area contributed by atoms with Crippen LogP contribution in [0, 0.1) is 18.8 Å². The molecular weight excluding hydrogens is 528 g/mol. The number of carbonyl (C=O) groups excluding carboxylic acids is 1. The van der Waals surface area contributed by atoms with Crippen LogP contribution in [0.4, 0.5) is 0 Å². The largest absolute Gasteiger partial charge is 0.480 e. The highest BCUT2D eigenvalue weighted by Gasteiger charge is 2.27. The molecule has 2 fully saturated rings. The van der Waals surface area contributed by atoms with Gasteiger partial charge in [0.1, 0.15) is 6.04 Å². The van der Waals surface area contributed by atoms with Crippen LogP contribution in [0.1, 0.15) is 98.5 Å². The van der Waals surface area contributed by atoms with Crippen molar-refractivity contribution in [3.8, 4) is 11.1 Å². The fourth-order valence-electron chi connectivity index (χ4n) is 6.93. The van der Waals surface area contributed by atoms with Crippen LogP contribution >= 0.6 is 11.8 Å². The first-order valence-corrected chi connectivity index (χ1v) is 17.3. The van der Waals surface area contributed by atoms with Crippen LogP contribution in [0.5, 0.6) is 0 Å². The van der Waals surface area contributed by atoms with Crippen molar-refractivity contribution in [2.24, 2.45) is 11.8 Å². The Bertz CT molecular complexity index is 1120. The van der Waals surface area contributed by atoms with E-state index in [-0.39, 0.29) is 5.91 Å². The predicted molar refractivity (Wildman–Crippen MR) is 172 cm³/mol. The minimum atomic E-state index is -0.992. The molecule has 0 aliphatic heterocycles. The van der Waals surface area contributed by atoms with Gasteiger partial charge in [-0.3, -0.25) is 4.79 Å². The van der Waals surface area contributed by atoms with Gasteiger partial charge >= 0.3 is 5.97 Å². The van der Waals surface area contributed by atoms with E-state index < -0.39 is 12.0 Å². The average Bonchev–Trinajstić information content (AvgIpc) is 2.99. The number of carboxylic acid groups (broad SMARTS) is 1. The Morgan fingerprint density at radius 3 is 2.34 bits per heavy atom. The molecule has 0 aromatic heterocycles. The van der Waals surface area contributed by atoms with Crippen LogP contribution in [0.3, 0.4) is 0 Å². The number of rotatable bonds is 14. The van der Waals surface area contributed by atoms with Gasteiger partial charge in [-0.05, 0) is 97.7 Å². The Labute approximate surface area is 251 Å². The second-order valence-corrected chi connectivity index (χ2v) is 13.3. The van der Waals surface area contributed by atoms with Gasteiger partial charge in [-0.2, -0.15) is 11.8 Å². The quantitative estimate of drug-likeness (QED) is 0.215. The maximum Gasteiger partial charge on any atom is 0.326 e. The van der Waals surface area contributed by atoms with E-state index in [2.05, 4.69) is 35.8 Å². The van der Waals surface area contributed by atoms with Crippen LogP contribution in [-0.2, 0) is 11.2 Å². The number of amides is 1. The zero-order chi connectivity index (χ0) is 29.0. The molecule has 2 saturated carbocycles. The lowest BCUT2D eigenvalue weighted by molar-refractivity contribution is -0.139. The van der Waals surface area contributed by atoms with E-state index >= 15 is 0 Å². The SMILES string of the molecule is CSCC[C@H](NC(=O)c1ccc(CCNC(CC2CCCCC2)C2CCCCC2)cc1-c1ccccc1C)C(=O)O. The normalized spacial score (nSPS) is 18.1. The summed E-state index contributed by atoms with van der Waals surface area (Å²) in [6.45, 7) is 2.99. The van der Waals surface area contributed by atoms with Crippen LogP contribution < -0.4 is 10.6 Å². The van der Waals surface area contributed by atoms with E-state index in [1.54, 1.807) is 11.8 Å². The monoisotopic (exact) mass is 578 g/mol. The Morgan fingerprint density at radius 2 is 1.66 bits per heavy atom. The van der Waals surface area contributed by atoms with Crippen molar-refractivity contribution in [2.75, 3.05) is 18.6 Å². The maximum absolute atomic E-state index is 13.4. The Hall–Kier alpha value is -2.31. The lowest BCUT2D eigenvalue weighted by Crippen LogP contribution is -2.41. The van der Waals surface area contributed by atoms with Crippen LogP contribution in [0.25, 0.3) is 11.1 Å². The molecule has 1 amide bonds. The van der Waals surface area contributed by atoms with Crippen molar-refractivity contribution < 1.29 is 14.7 Å². The van der Waals surface area contributed by atoms with E-state index in [1.165, 1.54) is 76.2 Å². The highest BCUT2D eigenvalue weighted by atomic mass is 32.2. The van der Waals surface area contributed by atoms with Gasteiger partial charge in [-0.25, -0.2) is 4.79 Å². The minimum Gasteiger partial charge on any atom is -0.480 e. The Morgan fingerprint density at radius 1 is 0.951 bits per heavy atom. The summed E-state index contributed by atoms with van der Waals surface area (Å²) in [6.07, 6.45) is 18.4. The predicted octanol–water partition coefficient (Wildman–Crippen LogP) is 7.65. The summed E-state index contributed by atoms with van der Waals surface area (Å²) in [5.41, 5.74) is 4.71. The van der Waals surface area contributed by atoms with Gasteiger partial charge in [0.15, 0.2) is 0 Å². The molecule has 2 atom stereocenters. The highest BCUT2D eigenvalue weighted by Crippen LogP contribution is 2.34. The molecule has 0 radical (unpaired) electrons. The molecule has 1 unspecified atom stereocenters. The molecular formula is C35H50N2O3S. The first kappa shape index (κ1) is 31.6. The lowest BCUT2D eigenvalue weighted by Gasteiger charge is -2.35. The topological polar surface area (TPSA) is 78.4 Å². The summed E-state index contributed by atoms with van der Waals surface area (Å²) in [7, 11) is 0. The summed E-state index contributed by atoms with van der Waals surface area (Å²) < 4.78 is 0. The number of aliphatic carboxylic acids is 1. The second kappa shape index (κ2) is 16.4. The van der Waals surface area contributed by atoms with E-state index in [4.69, 9.17) is 0 Å². The smallest absolute Gasteiger partial charge is 0.326 e. The fourth-order valence-corrected chi connectivity index (χ4v) is 7.41. The average molecular weight is 579 g/mol. The molecule has 4 rings (SSSR count). The van der Waals surface area contributed by atoms with Crippen LogP contribution in [0.15, 0.2) is 42.5 Å². The molecule has 5 nitrogen and oxygen atoms in total. The number of thioether (sulfide) groups is 1. The van der Waals surface area contributed by atoms with Crippen molar-refractivity contribution in [1.29, 1.82) is 0 Å². The number of carbonyl (C=O) groups is 2. The molecule has 0 spiro atoms. The standard InChI is InChI=1S/C35H50N2O3S/c1-25-11-9-10-16-29(25)31-23-27(17-18-30(31)34(38)37-32(35(39)40)20-22-41-2)19-21-36-33(28-14-7-4-8-15-28)24-26-12-5-3-6-13-26/h9-11,16-18,23,26,28,32-33,36H,3-8,12-15,19-22,24H2,1-2H3,(H,37,38)(H,39,40)/t32-,33?/m0/s1. The number of aryl methyl sites for hydroxylation is 1. The van der Waals surface area contributed by atoms with Crippen molar-refractivity contribution in [3.63, 3.8) is 0 Å². The molecule has 41 heavy (non-hydrogen) atoms. The van der Waals surface area contributed by atoms with Gasteiger partial charge in [0.25, 0.3) is 5.91 Å². The molecule has 3 N–H and O–H groups in total. The van der Waals surface area contributed by atoms with Gasteiger partial charge in [0, 0.05) is 11.6 Å². The van der Waals surface area contributed by atoms with E-state index in [0.717, 1.165) is 41.5 Å². The van der Waals surface area contributed by atoms with Crippen molar-refractivity contribution in [2.45, 2.75) is 102 Å². The van der Waals surface area contributed by atoms with Crippen molar-refractivity contribution >= 4 is 23.6 Å². The second-order valence-electron chi connectivity index (χ2n) is 12.3. The molecule has 224 valence electrons. The molecule has 0 heterocycles. The third kappa shape index (κ3) is 9.34. The first-order chi connectivity index (χ1) is 20.0. The van der Waals surface area contributed by atoms with E-state index in [0.29, 0.717) is 23.8 Å². The molecule has 0 bridgehead atoms. The summed E-state index contributed by atoms with van der Waals surface area (Å²) >= 11 is 1.58. The summed E-state index contributed by atoms with van der Waals surface area (Å²) in [6, 6.07) is 13.9. The zero-order valence-corrected chi connectivity index (χ0v) is 25.9. The summed E-state index contributed by atoms with van der Waals surface area (Å²) in [4.78, 5) is 25.2. The molecule has 2 aromatic carbocycles. The van der Waals surface area contributed by atoms with Gasteiger partial charge < -0.3 is 15.7 Å². The Balaban J connectivity index is 1.49. The highest BCUT2D eigenvalue weighted by molar-refractivity contribution is 7.98. The van der Waals surface area contributed by atoms with Crippen molar-refractivity contribution in [3.05, 3.63) is 59.2 Å². The summed E-state index contributed by atoms with van der Waals surface area (Å²) in [5.74, 6) is 1.03. The Kier molecular flexibility index (Phi) is 12.6. The number of hydrogen-bond donors (Lipinski definition) is 3. The van der Waals surface area contributed by atoms with Crippen molar-refractivity contribution in [1.82, 2.24) is 10.6 Å². The lowest BCUT2D eigenvalue weighted by atomic mass is 9.77. The van der Waals surface area contributed by atoms with Gasteiger partial charge in [-0.1, -0.05) is 87.8 Å².